The molecule has 0 saturated carbocycles. The summed E-state index contributed by atoms with van der Waals surface area (Å²) in [6, 6.07) is 11.5. The number of hydrogen-bond acceptors (Lipinski definition) is 5. The van der Waals surface area contributed by atoms with Crippen LogP contribution in [-0.4, -0.2) is 15.0 Å². The molecule has 2 aromatic heterocycles. The summed E-state index contributed by atoms with van der Waals surface area (Å²) in [6.07, 6.45) is 3.18. The molecule has 5 nitrogen and oxygen atoms in total. The van der Waals surface area contributed by atoms with Crippen LogP contribution in [0.15, 0.2) is 48.8 Å². The summed E-state index contributed by atoms with van der Waals surface area (Å²) in [5.74, 6) is 0.952. The minimum Gasteiger partial charge on any atom is -0.423 e. The molecule has 0 saturated heterocycles. The van der Waals surface area contributed by atoms with Gasteiger partial charge in [-0.2, -0.15) is 4.98 Å². The third-order valence-corrected chi connectivity index (χ3v) is 2.43. The van der Waals surface area contributed by atoms with Crippen molar-refractivity contribution in [1.82, 2.24) is 15.0 Å². The van der Waals surface area contributed by atoms with Crippen LogP contribution in [0.3, 0.4) is 0 Å². The lowest BCUT2D eigenvalue weighted by atomic mass is 10.2. The van der Waals surface area contributed by atoms with E-state index in [0.29, 0.717) is 11.6 Å². The summed E-state index contributed by atoms with van der Waals surface area (Å²) in [7, 11) is 0. The first-order valence-electron chi connectivity index (χ1n) is 5.42. The van der Waals surface area contributed by atoms with Gasteiger partial charge in [0.1, 0.15) is 11.6 Å². The quantitative estimate of drug-likeness (QED) is 0.742. The van der Waals surface area contributed by atoms with Crippen LogP contribution in [-0.2, 0) is 0 Å². The Kier molecular flexibility index (Phi) is 2.49. The topological polar surface area (TPSA) is 73.9 Å². The van der Waals surface area contributed by atoms with Crippen molar-refractivity contribution in [1.29, 1.82) is 0 Å². The van der Waals surface area contributed by atoms with Crippen molar-refractivity contribution >= 4 is 16.7 Å². The number of hydrogen-bond donors (Lipinski definition) is 1. The van der Waals surface area contributed by atoms with Crippen LogP contribution in [0.1, 0.15) is 0 Å². The maximum atomic E-state index is 5.56. The second kappa shape index (κ2) is 4.29. The highest BCUT2D eigenvalue weighted by atomic mass is 16.5. The summed E-state index contributed by atoms with van der Waals surface area (Å²) in [5, 5.41) is 0.999. The molecule has 1 aromatic carbocycles. The smallest absolute Gasteiger partial charge is 0.323 e. The fraction of sp³-hybridized carbons (Fsp3) is 0. The predicted molar refractivity (Wildman–Crippen MR) is 68.3 cm³/mol. The molecule has 2 heterocycles. The van der Waals surface area contributed by atoms with Crippen molar-refractivity contribution in [3.05, 3.63) is 48.8 Å². The average Bonchev–Trinajstić information content (AvgIpc) is 2.39. The SMILES string of the molecule is Nc1ccnc(Oc2cnc3ccccc3c2)n1. The van der Waals surface area contributed by atoms with Gasteiger partial charge >= 0.3 is 6.01 Å². The molecule has 0 aliphatic heterocycles. The van der Waals surface area contributed by atoms with Crippen molar-refractivity contribution in [3.8, 4) is 11.8 Å². The highest BCUT2D eigenvalue weighted by Gasteiger charge is 2.02. The van der Waals surface area contributed by atoms with Gasteiger partial charge in [-0.1, -0.05) is 18.2 Å². The van der Waals surface area contributed by atoms with E-state index in [9.17, 15) is 0 Å². The minimum atomic E-state index is 0.215. The van der Waals surface area contributed by atoms with Crippen LogP contribution >= 0.6 is 0 Å². The van der Waals surface area contributed by atoms with Crippen LogP contribution in [0.2, 0.25) is 0 Å². The molecule has 0 unspecified atom stereocenters. The molecule has 0 atom stereocenters. The zero-order chi connectivity index (χ0) is 12.4. The van der Waals surface area contributed by atoms with Crippen molar-refractivity contribution < 1.29 is 4.74 Å². The van der Waals surface area contributed by atoms with Gasteiger partial charge in [-0.15, -0.1) is 0 Å². The molecule has 3 rings (SSSR count). The maximum Gasteiger partial charge on any atom is 0.323 e. The Hall–Kier alpha value is -2.69. The Morgan fingerprint density at radius 1 is 1.06 bits per heavy atom. The Labute approximate surface area is 103 Å². The van der Waals surface area contributed by atoms with Gasteiger partial charge < -0.3 is 10.5 Å². The maximum absolute atomic E-state index is 5.56. The number of nitrogens with zero attached hydrogens (tertiary/aromatic N) is 3. The molecule has 0 bridgehead atoms. The fourth-order valence-corrected chi connectivity index (χ4v) is 1.62. The number of nitrogens with two attached hydrogens (primary N) is 1. The molecule has 2 N–H and O–H groups in total. The molecule has 3 aromatic rings. The van der Waals surface area contributed by atoms with E-state index in [4.69, 9.17) is 10.5 Å². The van der Waals surface area contributed by atoms with E-state index in [-0.39, 0.29) is 6.01 Å². The van der Waals surface area contributed by atoms with Crippen LogP contribution < -0.4 is 10.5 Å². The normalized spacial score (nSPS) is 10.4. The van der Waals surface area contributed by atoms with E-state index < -0.39 is 0 Å². The Morgan fingerprint density at radius 2 is 1.94 bits per heavy atom. The number of rotatable bonds is 2. The number of fused-ring (bicyclic) bond motifs is 1. The van der Waals surface area contributed by atoms with Gasteiger partial charge in [0.25, 0.3) is 0 Å². The first-order valence-corrected chi connectivity index (χ1v) is 5.42. The van der Waals surface area contributed by atoms with Gasteiger partial charge in [0, 0.05) is 11.6 Å². The number of pyridine rings is 1. The predicted octanol–water partition coefficient (Wildman–Crippen LogP) is 2.40. The summed E-state index contributed by atoms with van der Waals surface area (Å²) in [6.45, 7) is 0. The van der Waals surface area contributed by atoms with Gasteiger partial charge in [0.2, 0.25) is 0 Å². The summed E-state index contributed by atoms with van der Waals surface area (Å²) in [5.41, 5.74) is 6.47. The van der Waals surface area contributed by atoms with Crippen molar-refractivity contribution in [2.75, 3.05) is 5.73 Å². The van der Waals surface area contributed by atoms with Crippen LogP contribution in [0.4, 0.5) is 5.82 Å². The highest BCUT2D eigenvalue weighted by Crippen LogP contribution is 2.21. The third-order valence-electron chi connectivity index (χ3n) is 2.43. The number of aromatic nitrogens is 3. The van der Waals surface area contributed by atoms with Gasteiger partial charge in [-0.3, -0.25) is 4.98 Å². The van der Waals surface area contributed by atoms with E-state index >= 15 is 0 Å². The zero-order valence-corrected chi connectivity index (χ0v) is 9.45. The van der Waals surface area contributed by atoms with Crippen molar-refractivity contribution in [3.63, 3.8) is 0 Å². The number of para-hydroxylation sites is 1. The lowest BCUT2D eigenvalue weighted by Gasteiger charge is -2.04. The average molecular weight is 238 g/mol. The Morgan fingerprint density at radius 3 is 2.83 bits per heavy atom. The van der Waals surface area contributed by atoms with E-state index in [1.165, 1.54) is 0 Å². The number of benzene rings is 1. The lowest BCUT2D eigenvalue weighted by Crippen LogP contribution is -1.96. The van der Waals surface area contributed by atoms with Gasteiger partial charge in [-0.05, 0) is 18.2 Å². The van der Waals surface area contributed by atoms with E-state index in [0.717, 1.165) is 10.9 Å². The monoisotopic (exact) mass is 238 g/mol. The molecule has 0 amide bonds. The first-order chi connectivity index (χ1) is 8.81. The second-order valence-corrected chi connectivity index (χ2v) is 3.73. The number of anilines is 1. The molecule has 0 aliphatic carbocycles. The zero-order valence-electron chi connectivity index (χ0n) is 9.45. The summed E-state index contributed by atoms with van der Waals surface area (Å²) in [4.78, 5) is 12.2. The lowest BCUT2D eigenvalue weighted by molar-refractivity contribution is 0.441. The standard InChI is InChI=1S/C13H10N4O/c14-12-5-6-15-13(17-12)18-10-7-9-3-1-2-4-11(9)16-8-10/h1-8H,(H2,14,15,17). The molecule has 0 radical (unpaired) electrons. The Balaban J connectivity index is 1.95. The minimum absolute atomic E-state index is 0.215. The summed E-state index contributed by atoms with van der Waals surface area (Å²) >= 11 is 0. The largest absolute Gasteiger partial charge is 0.423 e. The molecule has 0 fully saturated rings. The van der Waals surface area contributed by atoms with E-state index in [1.807, 2.05) is 30.3 Å². The molecule has 18 heavy (non-hydrogen) atoms. The molecular formula is C13H10N4O. The molecular weight excluding hydrogens is 228 g/mol. The molecule has 0 spiro atoms. The van der Waals surface area contributed by atoms with Gasteiger partial charge in [0.15, 0.2) is 0 Å². The van der Waals surface area contributed by atoms with Crippen LogP contribution in [0.25, 0.3) is 10.9 Å². The highest BCUT2D eigenvalue weighted by molar-refractivity contribution is 5.79. The van der Waals surface area contributed by atoms with Crippen LogP contribution in [0, 0.1) is 0 Å². The van der Waals surface area contributed by atoms with Crippen LogP contribution in [0.5, 0.6) is 11.8 Å². The fourth-order valence-electron chi connectivity index (χ4n) is 1.62. The second-order valence-electron chi connectivity index (χ2n) is 3.73. The third kappa shape index (κ3) is 2.06. The van der Waals surface area contributed by atoms with E-state index in [1.54, 1.807) is 18.5 Å². The Bertz CT molecular complexity index is 699. The first kappa shape index (κ1) is 10.5. The number of nitrogen functional groups attached to an aromatic ring is 1. The van der Waals surface area contributed by atoms with Gasteiger partial charge in [-0.25, -0.2) is 4.98 Å². The summed E-state index contributed by atoms with van der Waals surface area (Å²) < 4.78 is 5.50. The number of ether oxygens (including phenoxy) is 1. The van der Waals surface area contributed by atoms with Crippen molar-refractivity contribution in [2.24, 2.45) is 0 Å². The van der Waals surface area contributed by atoms with Crippen molar-refractivity contribution in [2.45, 2.75) is 0 Å². The molecule has 0 aliphatic rings. The van der Waals surface area contributed by atoms with Gasteiger partial charge in [0.05, 0.1) is 11.7 Å². The molecule has 88 valence electrons. The van der Waals surface area contributed by atoms with E-state index in [2.05, 4.69) is 15.0 Å². The molecule has 5 heteroatoms.